The van der Waals surface area contributed by atoms with Crippen LogP contribution in [0.25, 0.3) is 0 Å². The van der Waals surface area contributed by atoms with Gasteiger partial charge in [0.15, 0.2) is 0 Å². The molecule has 54 valence electrons. The van der Waals surface area contributed by atoms with Crippen molar-refractivity contribution in [3.8, 4) is 0 Å². The van der Waals surface area contributed by atoms with E-state index in [-0.39, 0.29) is 0 Å². The maximum absolute atomic E-state index is 4.25. The lowest BCUT2D eigenvalue weighted by molar-refractivity contribution is 1.01. The van der Waals surface area contributed by atoms with E-state index in [0.29, 0.717) is 0 Å². The average Bonchev–Trinajstić information content (AvgIpc) is 2.03. The van der Waals surface area contributed by atoms with Gasteiger partial charge < -0.3 is 0 Å². The van der Waals surface area contributed by atoms with Crippen molar-refractivity contribution in [3.63, 3.8) is 0 Å². The molecule has 0 saturated carbocycles. The summed E-state index contributed by atoms with van der Waals surface area (Å²) in [6, 6.07) is 0. The van der Waals surface area contributed by atoms with Crippen LogP contribution >= 0.6 is 0 Å². The summed E-state index contributed by atoms with van der Waals surface area (Å²) < 4.78 is 0. The predicted molar refractivity (Wildman–Crippen MR) is 45.2 cm³/mol. The molecule has 1 rings (SSSR count). The second kappa shape index (κ2) is 4.04. The van der Waals surface area contributed by atoms with Crippen molar-refractivity contribution in [2.24, 2.45) is 4.99 Å². The summed E-state index contributed by atoms with van der Waals surface area (Å²) >= 11 is 0. The van der Waals surface area contributed by atoms with Crippen LogP contribution in [-0.2, 0) is 0 Å². The van der Waals surface area contributed by atoms with Crippen molar-refractivity contribution < 1.29 is 0 Å². The van der Waals surface area contributed by atoms with E-state index < -0.39 is 0 Å². The highest BCUT2D eigenvalue weighted by Gasteiger charge is 1.91. The van der Waals surface area contributed by atoms with Crippen LogP contribution in [0, 0.1) is 0 Å². The van der Waals surface area contributed by atoms with Gasteiger partial charge in [0.2, 0.25) is 0 Å². The van der Waals surface area contributed by atoms with Crippen LogP contribution in [0.2, 0.25) is 0 Å². The van der Waals surface area contributed by atoms with Gasteiger partial charge in [0, 0.05) is 6.21 Å². The van der Waals surface area contributed by atoms with Gasteiger partial charge >= 0.3 is 0 Å². The molecule has 10 heavy (non-hydrogen) atoms. The van der Waals surface area contributed by atoms with Crippen LogP contribution in [0.3, 0.4) is 0 Å². The lowest BCUT2D eigenvalue weighted by atomic mass is 10.1. The van der Waals surface area contributed by atoms with Crippen molar-refractivity contribution in [3.05, 3.63) is 23.9 Å². The molecular formula is C9H13N. The normalized spacial score (nSPS) is 17.9. The second-order valence-electron chi connectivity index (χ2n) is 2.33. The maximum Gasteiger partial charge on any atom is 0.0582 e. The largest absolute Gasteiger partial charge is 0.262 e. The molecule has 0 N–H and O–H groups in total. The predicted octanol–water partition coefficient (Wildman–Crippen LogP) is 2.70. The van der Waals surface area contributed by atoms with E-state index in [4.69, 9.17) is 0 Å². The quantitative estimate of drug-likeness (QED) is 0.516. The van der Waals surface area contributed by atoms with Gasteiger partial charge in [-0.25, -0.2) is 0 Å². The molecule has 0 spiro atoms. The first-order valence-corrected chi connectivity index (χ1v) is 3.82. The van der Waals surface area contributed by atoms with E-state index in [1.54, 1.807) is 0 Å². The van der Waals surface area contributed by atoms with Crippen molar-refractivity contribution in [2.45, 2.75) is 26.2 Å². The summed E-state index contributed by atoms with van der Waals surface area (Å²) in [5.74, 6) is 0. The van der Waals surface area contributed by atoms with E-state index in [1.807, 2.05) is 6.21 Å². The molecule has 0 heterocycles. The molecule has 0 fully saturated rings. The molecule has 1 aliphatic rings. The van der Waals surface area contributed by atoms with Crippen LogP contribution in [0.5, 0.6) is 0 Å². The topological polar surface area (TPSA) is 12.4 Å². The van der Waals surface area contributed by atoms with Gasteiger partial charge in [-0.3, -0.25) is 4.99 Å². The summed E-state index contributed by atoms with van der Waals surface area (Å²) in [5.41, 5.74) is 1.12. The zero-order valence-electron chi connectivity index (χ0n) is 6.38. The molecule has 1 heteroatoms. The number of hydrogen-bond acceptors (Lipinski definition) is 1. The maximum atomic E-state index is 4.25. The van der Waals surface area contributed by atoms with Crippen molar-refractivity contribution in [2.75, 3.05) is 0 Å². The Balaban J connectivity index is 2.47. The molecule has 0 aromatic heterocycles. The number of hydrogen-bond donors (Lipinski definition) is 0. The van der Waals surface area contributed by atoms with E-state index in [9.17, 15) is 0 Å². The van der Waals surface area contributed by atoms with Gasteiger partial charge in [-0.1, -0.05) is 19.1 Å². The monoisotopic (exact) mass is 135 g/mol. The highest BCUT2D eigenvalue weighted by molar-refractivity contribution is 5.59. The first-order chi connectivity index (χ1) is 4.93. The Morgan fingerprint density at radius 2 is 2.50 bits per heavy atom. The van der Waals surface area contributed by atoms with Crippen LogP contribution in [0.4, 0.5) is 0 Å². The fourth-order valence-electron chi connectivity index (χ4n) is 0.892. The van der Waals surface area contributed by atoms with Crippen LogP contribution in [-0.4, -0.2) is 6.21 Å². The summed E-state index contributed by atoms with van der Waals surface area (Å²) in [7, 11) is 0. The van der Waals surface area contributed by atoms with E-state index in [1.165, 1.54) is 6.42 Å². The zero-order chi connectivity index (χ0) is 7.23. The lowest BCUT2D eigenvalue weighted by Crippen LogP contribution is -1.81. The summed E-state index contributed by atoms with van der Waals surface area (Å²) in [6.45, 7) is 2.09. The van der Waals surface area contributed by atoms with Gasteiger partial charge in [0.25, 0.3) is 0 Å². The molecule has 0 amide bonds. The Hall–Kier alpha value is -0.850. The minimum atomic E-state index is 1.02. The van der Waals surface area contributed by atoms with Gasteiger partial charge in [-0.05, 0) is 25.3 Å². The highest BCUT2D eigenvalue weighted by Crippen LogP contribution is 2.09. The third-order valence-corrected chi connectivity index (χ3v) is 1.40. The Morgan fingerprint density at radius 3 is 3.10 bits per heavy atom. The molecule has 1 aliphatic carbocycles. The van der Waals surface area contributed by atoms with E-state index in [0.717, 1.165) is 18.5 Å². The van der Waals surface area contributed by atoms with Crippen molar-refractivity contribution >= 4 is 6.21 Å². The Labute approximate surface area is 62.2 Å². The smallest absolute Gasteiger partial charge is 0.0582 e. The number of rotatable bonds is 2. The second-order valence-corrected chi connectivity index (χ2v) is 2.33. The number of aliphatic imine (C=N–C) groups is 1. The minimum Gasteiger partial charge on any atom is -0.262 e. The molecule has 0 atom stereocenters. The molecule has 0 aromatic carbocycles. The van der Waals surface area contributed by atoms with Gasteiger partial charge in [0.1, 0.15) is 0 Å². The van der Waals surface area contributed by atoms with Gasteiger partial charge in [0.05, 0.1) is 5.70 Å². The van der Waals surface area contributed by atoms with E-state index in [2.05, 4.69) is 30.1 Å². The average molecular weight is 135 g/mol. The fourth-order valence-corrected chi connectivity index (χ4v) is 0.892. The number of allylic oxidation sites excluding steroid dienone is 3. The van der Waals surface area contributed by atoms with Gasteiger partial charge in [-0.15, -0.1) is 0 Å². The van der Waals surface area contributed by atoms with Crippen LogP contribution < -0.4 is 0 Å². The third kappa shape index (κ3) is 2.18. The molecule has 0 bridgehead atoms. The molecule has 0 aromatic rings. The molecule has 0 aliphatic heterocycles. The summed E-state index contributed by atoms with van der Waals surface area (Å²) in [6.07, 6.45) is 11.7. The molecular weight excluding hydrogens is 122 g/mol. The molecule has 0 unspecified atom stereocenters. The van der Waals surface area contributed by atoms with E-state index >= 15 is 0 Å². The number of nitrogens with zero attached hydrogens (tertiary/aromatic N) is 1. The highest BCUT2D eigenvalue weighted by atomic mass is 14.7. The first-order valence-electron chi connectivity index (χ1n) is 3.82. The molecule has 0 saturated heterocycles. The Morgan fingerprint density at radius 1 is 1.60 bits per heavy atom. The Kier molecular flexibility index (Phi) is 2.94. The summed E-state index contributed by atoms with van der Waals surface area (Å²) in [4.78, 5) is 4.25. The zero-order valence-corrected chi connectivity index (χ0v) is 6.38. The first kappa shape index (κ1) is 7.26. The molecule has 1 nitrogen and oxygen atoms in total. The standard InChI is InChI=1S/C9H13N/c1-2-8-10-9-6-4-3-5-7-9/h4,6-8H,2-3,5H2,1H3. The summed E-state index contributed by atoms with van der Waals surface area (Å²) in [5, 5.41) is 0. The van der Waals surface area contributed by atoms with Crippen LogP contribution in [0.1, 0.15) is 26.2 Å². The third-order valence-electron chi connectivity index (χ3n) is 1.40. The van der Waals surface area contributed by atoms with Crippen molar-refractivity contribution in [1.82, 2.24) is 0 Å². The Bertz CT molecular complexity index is 175. The van der Waals surface area contributed by atoms with Gasteiger partial charge in [-0.2, -0.15) is 0 Å². The lowest BCUT2D eigenvalue weighted by Gasteiger charge is -1.98. The van der Waals surface area contributed by atoms with Crippen molar-refractivity contribution in [1.29, 1.82) is 0 Å². The minimum absolute atomic E-state index is 1.02. The molecule has 0 radical (unpaired) electrons. The SMILES string of the molecule is CCC=NC1=CCCC=C1. The van der Waals surface area contributed by atoms with Crippen LogP contribution in [0.15, 0.2) is 28.9 Å². The fraction of sp³-hybridized carbons (Fsp3) is 0.444.